The van der Waals surface area contributed by atoms with Gasteiger partial charge >= 0.3 is 0 Å². The highest BCUT2D eigenvalue weighted by Gasteiger charge is 2.17. The Balaban J connectivity index is 1.95. The highest BCUT2D eigenvalue weighted by Crippen LogP contribution is 2.19. The number of benzene rings is 1. The standard InChI is InChI=1S/C15H13N3O2S/c1-9(12-7-4-8-21-12)16-15(20)13-10-5-2-3-6-11(10)14(19)18-17-13/h2-9H,1H3,(H,16,20)(H,18,19). The number of nitrogens with one attached hydrogen (secondary N) is 2. The quantitative estimate of drug-likeness (QED) is 0.780. The van der Waals surface area contributed by atoms with Crippen molar-refractivity contribution in [2.75, 3.05) is 0 Å². The molecule has 1 aromatic carbocycles. The summed E-state index contributed by atoms with van der Waals surface area (Å²) < 4.78 is 0. The first-order valence-electron chi connectivity index (χ1n) is 6.48. The third kappa shape index (κ3) is 2.57. The molecule has 0 radical (unpaired) electrons. The van der Waals surface area contributed by atoms with E-state index in [9.17, 15) is 9.59 Å². The van der Waals surface area contributed by atoms with Crippen molar-refractivity contribution in [1.82, 2.24) is 15.5 Å². The van der Waals surface area contributed by atoms with E-state index in [-0.39, 0.29) is 23.2 Å². The van der Waals surface area contributed by atoms with Gasteiger partial charge in [-0.25, -0.2) is 5.10 Å². The minimum atomic E-state index is -0.302. The van der Waals surface area contributed by atoms with E-state index in [0.29, 0.717) is 10.8 Å². The maximum Gasteiger partial charge on any atom is 0.272 e. The number of carbonyl (C=O) groups is 1. The van der Waals surface area contributed by atoms with E-state index in [1.807, 2.05) is 24.4 Å². The molecular weight excluding hydrogens is 286 g/mol. The van der Waals surface area contributed by atoms with Crippen LogP contribution in [-0.2, 0) is 0 Å². The summed E-state index contributed by atoms with van der Waals surface area (Å²) in [6, 6.07) is 10.7. The summed E-state index contributed by atoms with van der Waals surface area (Å²) >= 11 is 1.58. The number of carbonyl (C=O) groups excluding carboxylic acids is 1. The van der Waals surface area contributed by atoms with Crippen LogP contribution in [-0.4, -0.2) is 16.1 Å². The SMILES string of the molecule is CC(NC(=O)c1n[nH]c(=O)c2ccccc12)c1cccs1. The highest BCUT2D eigenvalue weighted by molar-refractivity contribution is 7.10. The van der Waals surface area contributed by atoms with Crippen LogP contribution in [0.15, 0.2) is 46.6 Å². The summed E-state index contributed by atoms with van der Waals surface area (Å²) in [6.07, 6.45) is 0. The molecule has 0 bridgehead atoms. The van der Waals surface area contributed by atoms with E-state index < -0.39 is 0 Å². The molecule has 0 aliphatic carbocycles. The fourth-order valence-electron chi connectivity index (χ4n) is 2.16. The van der Waals surface area contributed by atoms with Crippen molar-refractivity contribution in [3.8, 4) is 0 Å². The van der Waals surface area contributed by atoms with Crippen molar-refractivity contribution in [1.29, 1.82) is 0 Å². The van der Waals surface area contributed by atoms with Gasteiger partial charge in [0.25, 0.3) is 11.5 Å². The number of hydrogen-bond acceptors (Lipinski definition) is 4. The van der Waals surface area contributed by atoms with Crippen LogP contribution in [0.25, 0.3) is 10.8 Å². The molecule has 3 aromatic rings. The molecule has 1 amide bonds. The average Bonchev–Trinajstić information content (AvgIpc) is 3.02. The largest absolute Gasteiger partial charge is 0.343 e. The molecule has 5 nitrogen and oxygen atoms in total. The van der Waals surface area contributed by atoms with Gasteiger partial charge in [0.15, 0.2) is 5.69 Å². The average molecular weight is 299 g/mol. The molecular formula is C15H13N3O2S. The lowest BCUT2D eigenvalue weighted by atomic mass is 10.1. The number of thiophene rings is 1. The summed E-state index contributed by atoms with van der Waals surface area (Å²) in [6.45, 7) is 1.91. The Morgan fingerprint density at radius 2 is 2.00 bits per heavy atom. The number of aromatic amines is 1. The van der Waals surface area contributed by atoms with Crippen LogP contribution in [0.1, 0.15) is 28.3 Å². The Morgan fingerprint density at radius 3 is 2.71 bits per heavy atom. The van der Waals surface area contributed by atoms with Gasteiger partial charge in [-0.05, 0) is 24.4 Å². The van der Waals surface area contributed by atoms with E-state index in [0.717, 1.165) is 4.88 Å². The third-order valence-electron chi connectivity index (χ3n) is 3.23. The highest BCUT2D eigenvalue weighted by atomic mass is 32.1. The van der Waals surface area contributed by atoms with Crippen molar-refractivity contribution in [3.05, 3.63) is 62.7 Å². The lowest BCUT2D eigenvalue weighted by Gasteiger charge is -2.12. The summed E-state index contributed by atoms with van der Waals surface area (Å²) in [5.41, 5.74) is -0.0675. The number of rotatable bonds is 3. The Kier molecular flexibility index (Phi) is 3.53. The molecule has 1 unspecified atom stereocenters. The first kappa shape index (κ1) is 13.5. The van der Waals surface area contributed by atoms with Crippen LogP contribution in [0.5, 0.6) is 0 Å². The van der Waals surface area contributed by atoms with Gasteiger partial charge in [-0.15, -0.1) is 11.3 Å². The van der Waals surface area contributed by atoms with Crippen LogP contribution in [0.3, 0.4) is 0 Å². The topological polar surface area (TPSA) is 74.8 Å². The van der Waals surface area contributed by atoms with Crippen molar-refractivity contribution in [3.63, 3.8) is 0 Å². The smallest absolute Gasteiger partial charge is 0.272 e. The van der Waals surface area contributed by atoms with Crippen LogP contribution >= 0.6 is 11.3 Å². The van der Waals surface area contributed by atoms with Crippen molar-refractivity contribution >= 4 is 28.0 Å². The molecule has 106 valence electrons. The molecule has 2 aromatic heterocycles. The molecule has 0 fully saturated rings. The second-order valence-electron chi connectivity index (χ2n) is 4.66. The first-order valence-corrected chi connectivity index (χ1v) is 7.36. The van der Waals surface area contributed by atoms with Gasteiger partial charge < -0.3 is 5.32 Å². The van der Waals surface area contributed by atoms with Gasteiger partial charge in [-0.2, -0.15) is 5.10 Å². The van der Waals surface area contributed by atoms with Crippen molar-refractivity contribution in [2.45, 2.75) is 13.0 Å². The number of amides is 1. The predicted molar refractivity (Wildman–Crippen MR) is 82.6 cm³/mol. The summed E-state index contributed by atoms with van der Waals surface area (Å²) in [7, 11) is 0. The van der Waals surface area contributed by atoms with Gasteiger partial charge in [0.2, 0.25) is 0 Å². The molecule has 6 heteroatoms. The van der Waals surface area contributed by atoms with Gasteiger partial charge in [0, 0.05) is 10.3 Å². The maximum absolute atomic E-state index is 12.4. The zero-order chi connectivity index (χ0) is 14.8. The van der Waals surface area contributed by atoms with Crippen LogP contribution < -0.4 is 10.9 Å². The molecule has 21 heavy (non-hydrogen) atoms. The minimum Gasteiger partial charge on any atom is -0.343 e. The number of fused-ring (bicyclic) bond motifs is 1. The second kappa shape index (κ2) is 5.49. The molecule has 2 heterocycles. The van der Waals surface area contributed by atoms with E-state index in [1.54, 1.807) is 35.6 Å². The van der Waals surface area contributed by atoms with Gasteiger partial charge in [0.1, 0.15) is 0 Å². The Morgan fingerprint density at radius 1 is 1.24 bits per heavy atom. The van der Waals surface area contributed by atoms with Crippen LogP contribution in [0, 0.1) is 0 Å². The summed E-state index contributed by atoms with van der Waals surface area (Å²) in [5.74, 6) is -0.302. The predicted octanol–water partition coefficient (Wildman–Crippen LogP) is 2.48. The number of nitrogens with zero attached hydrogens (tertiary/aromatic N) is 1. The Labute approximate surface area is 124 Å². The van der Waals surface area contributed by atoms with Crippen LogP contribution in [0.4, 0.5) is 0 Å². The number of aromatic nitrogens is 2. The monoisotopic (exact) mass is 299 g/mol. The lowest BCUT2D eigenvalue weighted by Crippen LogP contribution is -2.28. The fourth-order valence-corrected chi connectivity index (χ4v) is 2.90. The van der Waals surface area contributed by atoms with E-state index in [1.165, 1.54) is 0 Å². The normalized spacial score (nSPS) is 12.2. The molecule has 2 N–H and O–H groups in total. The summed E-state index contributed by atoms with van der Waals surface area (Å²) in [4.78, 5) is 25.2. The molecule has 0 aliphatic heterocycles. The Hall–Kier alpha value is -2.47. The lowest BCUT2D eigenvalue weighted by molar-refractivity contribution is 0.0936. The molecule has 0 aliphatic rings. The molecule has 1 atom stereocenters. The minimum absolute atomic E-state index is 0.106. The van der Waals surface area contributed by atoms with Gasteiger partial charge in [-0.1, -0.05) is 24.3 Å². The maximum atomic E-state index is 12.4. The van der Waals surface area contributed by atoms with E-state index in [4.69, 9.17) is 0 Å². The molecule has 0 saturated carbocycles. The van der Waals surface area contributed by atoms with E-state index in [2.05, 4.69) is 15.5 Å². The zero-order valence-electron chi connectivity index (χ0n) is 11.3. The zero-order valence-corrected chi connectivity index (χ0v) is 12.1. The number of H-pyrrole nitrogens is 1. The molecule has 3 rings (SSSR count). The third-order valence-corrected chi connectivity index (χ3v) is 4.28. The Bertz CT molecular complexity index is 840. The first-order chi connectivity index (χ1) is 10.2. The summed E-state index contributed by atoms with van der Waals surface area (Å²) in [5, 5.41) is 12.1. The van der Waals surface area contributed by atoms with Gasteiger partial charge in [0.05, 0.1) is 11.4 Å². The number of hydrogen-bond donors (Lipinski definition) is 2. The molecule has 0 saturated heterocycles. The second-order valence-corrected chi connectivity index (χ2v) is 5.64. The van der Waals surface area contributed by atoms with E-state index >= 15 is 0 Å². The van der Waals surface area contributed by atoms with Gasteiger partial charge in [-0.3, -0.25) is 9.59 Å². The fraction of sp³-hybridized carbons (Fsp3) is 0.133. The molecule has 0 spiro atoms. The van der Waals surface area contributed by atoms with Crippen molar-refractivity contribution in [2.24, 2.45) is 0 Å². The van der Waals surface area contributed by atoms with Crippen molar-refractivity contribution < 1.29 is 4.79 Å². The van der Waals surface area contributed by atoms with Crippen LogP contribution in [0.2, 0.25) is 0 Å².